The van der Waals surface area contributed by atoms with Gasteiger partial charge in [0.15, 0.2) is 0 Å². The summed E-state index contributed by atoms with van der Waals surface area (Å²) >= 11 is 0. The average Bonchev–Trinajstić information content (AvgIpc) is 3.59. The third-order valence-electron chi connectivity index (χ3n) is 12.8. The molecule has 0 N–H and O–H groups in total. The summed E-state index contributed by atoms with van der Waals surface area (Å²) in [7, 11) is 0. The summed E-state index contributed by atoms with van der Waals surface area (Å²) in [5.74, 6) is 0. The topological polar surface area (TPSA) is 3.24 Å². The predicted octanol–water partition coefficient (Wildman–Crippen LogP) is 15.1. The van der Waals surface area contributed by atoms with E-state index >= 15 is 0 Å². The second kappa shape index (κ2) is 12.7. The minimum Gasteiger partial charge on any atom is -0.310 e. The molecule has 0 amide bonds. The second-order valence-electron chi connectivity index (χ2n) is 18.8. The van der Waals surface area contributed by atoms with Gasteiger partial charge in [-0.3, -0.25) is 0 Å². The molecular weight excluding hydrogens is 675 g/mol. The summed E-state index contributed by atoms with van der Waals surface area (Å²) in [5.41, 5.74) is 20.4. The third kappa shape index (κ3) is 5.50. The van der Waals surface area contributed by atoms with Gasteiger partial charge in [0.05, 0.1) is 5.69 Å². The molecule has 0 heterocycles. The van der Waals surface area contributed by atoms with Crippen LogP contribution in [0.25, 0.3) is 33.4 Å². The second-order valence-corrected chi connectivity index (χ2v) is 18.8. The number of nitrogens with zero attached hydrogens (tertiary/aromatic N) is 1. The Morgan fingerprint density at radius 3 is 1.71 bits per heavy atom. The molecule has 7 aromatic rings. The first kappa shape index (κ1) is 36.0. The van der Waals surface area contributed by atoms with Crippen LogP contribution < -0.4 is 4.90 Å². The lowest BCUT2D eigenvalue weighted by Crippen LogP contribution is -2.28. The Bertz CT molecular complexity index is 2630. The number of fused-ring (bicyclic) bond motifs is 6. The maximum absolute atomic E-state index is 2.51. The highest BCUT2D eigenvalue weighted by Gasteiger charge is 2.45. The molecule has 0 saturated carbocycles. The first-order valence-corrected chi connectivity index (χ1v) is 20.3. The van der Waals surface area contributed by atoms with Crippen LogP contribution in [0, 0.1) is 0 Å². The molecule has 1 unspecified atom stereocenters. The Labute approximate surface area is 334 Å². The van der Waals surface area contributed by atoms with Gasteiger partial charge in [0.1, 0.15) is 0 Å². The highest BCUT2D eigenvalue weighted by molar-refractivity contribution is 5.94. The van der Waals surface area contributed by atoms with Crippen molar-refractivity contribution in [1.29, 1.82) is 0 Å². The van der Waals surface area contributed by atoms with Gasteiger partial charge in [0.25, 0.3) is 0 Å². The fourth-order valence-electron chi connectivity index (χ4n) is 9.74. The number of benzene rings is 7. The fourth-order valence-corrected chi connectivity index (χ4v) is 9.74. The van der Waals surface area contributed by atoms with Gasteiger partial charge in [-0.15, -0.1) is 0 Å². The van der Waals surface area contributed by atoms with Crippen molar-refractivity contribution in [1.82, 2.24) is 0 Å². The van der Waals surface area contributed by atoms with E-state index in [0.717, 1.165) is 17.1 Å². The van der Waals surface area contributed by atoms with Crippen molar-refractivity contribution < 1.29 is 0 Å². The zero-order valence-corrected chi connectivity index (χ0v) is 34.5. The van der Waals surface area contributed by atoms with Crippen molar-refractivity contribution in [2.45, 2.75) is 84.0 Å². The maximum atomic E-state index is 2.51. The minimum atomic E-state index is -0.320. The molecule has 0 fully saturated rings. The van der Waals surface area contributed by atoms with E-state index in [0.29, 0.717) is 0 Å². The smallest absolute Gasteiger partial charge is 0.0540 e. The molecule has 2 aliphatic rings. The quantitative estimate of drug-likeness (QED) is 0.171. The van der Waals surface area contributed by atoms with Crippen LogP contribution >= 0.6 is 0 Å². The molecule has 1 nitrogen and oxygen atoms in total. The lowest BCUT2D eigenvalue weighted by Gasteiger charge is -2.35. The van der Waals surface area contributed by atoms with Crippen LogP contribution in [-0.2, 0) is 21.7 Å². The van der Waals surface area contributed by atoms with Gasteiger partial charge >= 0.3 is 0 Å². The molecule has 0 bridgehead atoms. The fraction of sp³-hybridized carbons (Fsp3) is 0.236. The van der Waals surface area contributed by atoms with Gasteiger partial charge in [0, 0.05) is 27.8 Å². The van der Waals surface area contributed by atoms with Gasteiger partial charge in [-0.1, -0.05) is 183 Å². The van der Waals surface area contributed by atoms with E-state index in [2.05, 4.69) is 225 Å². The molecule has 7 aromatic carbocycles. The molecule has 1 heteroatoms. The molecule has 0 aliphatic heterocycles. The van der Waals surface area contributed by atoms with Crippen molar-refractivity contribution in [3.8, 4) is 33.4 Å². The molecule has 1 atom stereocenters. The molecule has 2 aliphatic carbocycles. The lowest BCUT2D eigenvalue weighted by atomic mass is 9.68. The van der Waals surface area contributed by atoms with E-state index in [1.54, 1.807) is 0 Å². The van der Waals surface area contributed by atoms with Crippen LogP contribution in [0.3, 0.4) is 0 Å². The standard InChI is InChI=1S/C55H53N/c1-52(2,3)38-32-45-44-34-39(29-31-47(44)55(9,37-22-14-11-15-23-37)51(45)49(33-38)53(4,5)6)56(50-27-19-17-24-41(50)36-20-12-10-13-21-36)40-28-30-43-42-25-16-18-26-46(42)54(7,8)48(43)35-40/h10-35H,1-9H3. The van der Waals surface area contributed by atoms with E-state index < -0.39 is 0 Å². The van der Waals surface area contributed by atoms with Gasteiger partial charge in [-0.05, 0) is 115 Å². The number of hydrogen-bond acceptors (Lipinski definition) is 1. The molecule has 0 saturated heterocycles. The third-order valence-corrected chi connectivity index (χ3v) is 12.8. The highest BCUT2D eigenvalue weighted by atomic mass is 15.1. The molecule has 56 heavy (non-hydrogen) atoms. The molecule has 9 rings (SSSR count). The molecule has 0 spiro atoms. The van der Waals surface area contributed by atoms with Gasteiger partial charge in [0.2, 0.25) is 0 Å². The van der Waals surface area contributed by atoms with E-state index in [1.165, 1.54) is 72.3 Å². The van der Waals surface area contributed by atoms with Gasteiger partial charge < -0.3 is 4.90 Å². The van der Waals surface area contributed by atoms with Gasteiger partial charge in [-0.2, -0.15) is 0 Å². The molecular formula is C55H53N. The zero-order chi connectivity index (χ0) is 39.2. The van der Waals surface area contributed by atoms with Crippen molar-refractivity contribution >= 4 is 17.1 Å². The minimum absolute atomic E-state index is 0.00595. The van der Waals surface area contributed by atoms with Gasteiger partial charge in [-0.25, -0.2) is 0 Å². The number of rotatable bonds is 5. The number of para-hydroxylation sites is 1. The zero-order valence-electron chi connectivity index (χ0n) is 34.5. The Morgan fingerprint density at radius 2 is 1.02 bits per heavy atom. The van der Waals surface area contributed by atoms with Crippen LogP contribution in [0.4, 0.5) is 17.1 Å². The molecule has 278 valence electrons. The van der Waals surface area contributed by atoms with E-state index in [4.69, 9.17) is 0 Å². The van der Waals surface area contributed by atoms with Crippen LogP contribution in [0.15, 0.2) is 158 Å². The Balaban J connectivity index is 1.34. The van der Waals surface area contributed by atoms with E-state index in [1.807, 2.05) is 0 Å². The first-order chi connectivity index (χ1) is 26.7. The summed E-state index contributed by atoms with van der Waals surface area (Å²) in [6, 6.07) is 59.3. The van der Waals surface area contributed by atoms with E-state index in [9.17, 15) is 0 Å². The van der Waals surface area contributed by atoms with Crippen LogP contribution in [0.1, 0.15) is 101 Å². The van der Waals surface area contributed by atoms with Crippen molar-refractivity contribution in [2.75, 3.05) is 4.90 Å². The molecule has 0 aromatic heterocycles. The summed E-state index contributed by atoms with van der Waals surface area (Å²) in [4.78, 5) is 2.51. The van der Waals surface area contributed by atoms with Crippen molar-refractivity contribution in [3.05, 3.63) is 197 Å². The predicted molar refractivity (Wildman–Crippen MR) is 239 cm³/mol. The summed E-state index contributed by atoms with van der Waals surface area (Å²) in [6.45, 7) is 21.4. The lowest BCUT2D eigenvalue weighted by molar-refractivity contribution is 0.553. The monoisotopic (exact) mass is 727 g/mol. The highest BCUT2D eigenvalue weighted by Crippen LogP contribution is 2.58. The SMILES string of the molecule is CC(C)(C)c1cc2c(c(C(C)(C)C)c1)C(C)(c1ccccc1)c1ccc(N(c3ccc4c(c3)C(C)(C)c3ccccc3-4)c3ccccc3-c3ccccc3)cc1-2. The largest absolute Gasteiger partial charge is 0.310 e. The number of hydrogen-bond donors (Lipinski definition) is 0. The average molecular weight is 728 g/mol. The Kier molecular flexibility index (Phi) is 8.16. The van der Waals surface area contributed by atoms with E-state index in [-0.39, 0.29) is 21.7 Å². The van der Waals surface area contributed by atoms with Crippen molar-refractivity contribution in [2.24, 2.45) is 0 Å². The molecule has 0 radical (unpaired) electrons. The Morgan fingerprint density at radius 1 is 0.429 bits per heavy atom. The first-order valence-electron chi connectivity index (χ1n) is 20.3. The summed E-state index contributed by atoms with van der Waals surface area (Å²) in [5, 5.41) is 0. The number of anilines is 3. The van der Waals surface area contributed by atoms with Crippen LogP contribution in [0.5, 0.6) is 0 Å². The normalized spacial score (nSPS) is 16.5. The van der Waals surface area contributed by atoms with Crippen molar-refractivity contribution in [3.63, 3.8) is 0 Å². The Hall–Kier alpha value is -5.66. The summed E-state index contributed by atoms with van der Waals surface area (Å²) < 4.78 is 0. The maximum Gasteiger partial charge on any atom is 0.0540 e. The van der Waals surface area contributed by atoms with Crippen LogP contribution in [0.2, 0.25) is 0 Å². The van der Waals surface area contributed by atoms with Crippen LogP contribution in [-0.4, -0.2) is 0 Å². The summed E-state index contributed by atoms with van der Waals surface area (Å²) in [6.07, 6.45) is 0.